The van der Waals surface area contributed by atoms with Gasteiger partial charge >= 0.3 is 0 Å². The van der Waals surface area contributed by atoms with Crippen LogP contribution in [0, 0.1) is 5.82 Å². The van der Waals surface area contributed by atoms with Gasteiger partial charge in [0, 0.05) is 17.3 Å². The molecule has 0 atom stereocenters. The molecule has 20 heavy (non-hydrogen) atoms. The lowest BCUT2D eigenvalue weighted by Crippen LogP contribution is -2.05. The van der Waals surface area contributed by atoms with Gasteiger partial charge in [0.05, 0.1) is 15.5 Å². The number of hydrogen-bond donors (Lipinski definition) is 1. The molecule has 0 radical (unpaired) electrons. The lowest BCUT2D eigenvalue weighted by atomic mass is 10.1. The topological polar surface area (TPSA) is 46.2 Å². The van der Waals surface area contributed by atoms with Crippen molar-refractivity contribution in [1.82, 2.24) is 0 Å². The molecule has 0 saturated carbocycles. The van der Waals surface area contributed by atoms with Crippen LogP contribution in [0.3, 0.4) is 0 Å². The molecule has 100 valence electrons. The normalized spacial score (nSPS) is 15.3. The van der Waals surface area contributed by atoms with E-state index < -0.39 is 11.7 Å². The highest BCUT2D eigenvalue weighted by molar-refractivity contribution is 7.13. The van der Waals surface area contributed by atoms with Crippen molar-refractivity contribution in [2.45, 2.75) is 0 Å². The van der Waals surface area contributed by atoms with E-state index in [1.54, 1.807) is 11.4 Å². The minimum Gasteiger partial charge on any atom is -0.321 e. The van der Waals surface area contributed by atoms with Crippen molar-refractivity contribution in [3.05, 3.63) is 57.0 Å². The Bertz CT molecular complexity index is 766. The van der Waals surface area contributed by atoms with Gasteiger partial charge in [0.2, 0.25) is 0 Å². The smallest absolute Gasteiger partial charge is 0.256 e. The summed E-state index contributed by atoms with van der Waals surface area (Å²) in [5.41, 5.74) is 1.03. The van der Waals surface area contributed by atoms with Gasteiger partial charge in [-0.1, -0.05) is 11.6 Å². The van der Waals surface area contributed by atoms with Crippen molar-refractivity contribution in [2.75, 3.05) is 5.32 Å². The Morgan fingerprint density at radius 2 is 2.15 bits per heavy atom. The molecule has 0 aliphatic carbocycles. The van der Waals surface area contributed by atoms with Crippen LogP contribution in [0.4, 0.5) is 10.1 Å². The van der Waals surface area contributed by atoms with Gasteiger partial charge in [-0.3, -0.25) is 9.59 Å². The van der Waals surface area contributed by atoms with Gasteiger partial charge in [0.25, 0.3) is 5.91 Å². The summed E-state index contributed by atoms with van der Waals surface area (Å²) in [5.74, 6) is -1.26. The molecule has 0 bridgehead atoms. The highest BCUT2D eigenvalue weighted by atomic mass is 35.5. The number of halogens is 2. The van der Waals surface area contributed by atoms with E-state index in [2.05, 4.69) is 5.32 Å². The third-order valence-corrected chi connectivity index (χ3v) is 4.24. The molecule has 6 heteroatoms. The maximum Gasteiger partial charge on any atom is 0.256 e. The zero-order valence-electron chi connectivity index (χ0n) is 9.94. The number of allylic oxidation sites excluding steroid dienone is 1. The number of nitrogens with one attached hydrogen (secondary N) is 1. The molecule has 0 saturated heterocycles. The first-order chi connectivity index (χ1) is 9.56. The number of benzene rings is 1. The summed E-state index contributed by atoms with van der Waals surface area (Å²) in [4.78, 5) is 24.3. The van der Waals surface area contributed by atoms with Gasteiger partial charge in [-0.05, 0) is 29.6 Å². The number of carbonyl (C=O) groups is 2. The van der Waals surface area contributed by atoms with Gasteiger partial charge in [0.15, 0.2) is 5.78 Å². The molecule has 1 aromatic heterocycles. The van der Waals surface area contributed by atoms with Crippen molar-refractivity contribution in [3.8, 4) is 0 Å². The quantitative estimate of drug-likeness (QED) is 0.678. The highest BCUT2D eigenvalue weighted by Gasteiger charge is 2.26. The minimum atomic E-state index is -0.465. The second-order valence-corrected chi connectivity index (χ2v) is 5.49. The standard InChI is InChI=1S/C14H7ClFNO2S/c15-10-3-4-20-13(10)12(18)6-9-8-5-7(16)1-2-11(8)17-14(9)19/h1-6H,(H,17,19)/b9-6+. The Hall–Kier alpha value is -1.98. The van der Waals surface area contributed by atoms with Crippen LogP contribution in [0.25, 0.3) is 5.57 Å². The van der Waals surface area contributed by atoms with E-state index in [9.17, 15) is 14.0 Å². The largest absolute Gasteiger partial charge is 0.321 e. The van der Waals surface area contributed by atoms with E-state index in [1.165, 1.54) is 35.6 Å². The van der Waals surface area contributed by atoms with E-state index in [1.807, 2.05) is 0 Å². The Kier molecular flexibility index (Phi) is 3.16. The van der Waals surface area contributed by atoms with Crippen LogP contribution in [-0.4, -0.2) is 11.7 Å². The lowest BCUT2D eigenvalue weighted by molar-refractivity contribution is -0.110. The van der Waals surface area contributed by atoms with Crippen LogP contribution in [0.5, 0.6) is 0 Å². The second-order valence-electron chi connectivity index (χ2n) is 4.16. The number of ketones is 1. The lowest BCUT2D eigenvalue weighted by Gasteiger charge is -1.98. The maximum absolute atomic E-state index is 13.3. The van der Waals surface area contributed by atoms with Gasteiger partial charge in [-0.25, -0.2) is 4.39 Å². The first kappa shape index (κ1) is 13.0. The monoisotopic (exact) mass is 307 g/mol. The van der Waals surface area contributed by atoms with Gasteiger partial charge < -0.3 is 5.32 Å². The molecule has 3 rings (SSSR count). The van der Waals surface area contributed by atoms with E-state index >= 15 is 0 Å². The fraction of sp³-hybridized carbons (Fsp3) is 0. The van der Waals surface area contributed by atoms with Crippen molar-refractivity contribution in [2.24, 2.45) is 0 Å². The number of fused-ring (bicyclic) bond motifs is 1. The summed E-state index contributed by atoms with van der Waals surface area (Å²) in [7, 11) is 0. The third-order valence-electron chi connectivity index (χ3n) is 2.88. The van der Waals surface area contributed by atoms with E-state index in [0.29, 0.717) is 21.2 Å². The number of rotatable bonds is 2. The molecule has 0 unspecified atom stereocenters. The molecule has 2 heterocycles. The van der Waals surface area contributed by atoms with Crippen molar-refractivity contribution < 1.29 is 14.0 Å². The van der Waals surface area contributed by atoms with Crippen LogP contribution in [0.2, 0.25) is 5.02 Å². The summed E-state index contributed by atoms with van der Waals surface area (Å²) in [6.07, 6.45) is 1.19. The highest BCUT2D eigenvalue weighted by Crippen LogP contribution is 2.33. The second kappa shape index (κ2) is 4.85. The Labute approximate surface area is 122 Å². The van der Waals surface area contributed by atoms with E-state index in [-0.39, 0.29) is 11.4 Å². The van der Waals surface area contributed by atoms with Gasteiger partial charge in [-0.15, -0.1) is 11.3 Å². The van der Waals surface area contributed by atoms with Crippen LogP contribution in [-0.2, 0) is 4.79 Å². The number of hydrogen-bond acceptors (Lipinski definition) is 3. The summed E-state index contributed by atoms with van der Waals surface area (Å²) >= 11 is 7.08. The van der Waals surface area contributed by atoms with E-state index in [0.717, 1.165) is 0 Å². The van der Waals surface area contributed by atoms with Crippen LogP contribution in [0.1, 0.15) is 15.2 Å². The number of thiophene rings is 1. The molecule has 2 aromatic rings. The zero-order valence-corrected chi connectivity index (χ0v) is 11.5. The Morgan fingerprint density at radius 1 is 1.35 bits per heavy atom. The first-order valence-corrected chi connectivity index (χ1v) is 6.92. The zero-order chi connectivity index (χ0) is 14.3. The molecule has 1 aromatic carbocycles. The van der Waals surface area contributed by atoms with Crippen molar-refractivity contribution in [1.29, 1.82) is 0 Å². The van der Waals surface area contributed by atoms with Crippen LogP contribution in [0.15, 0.2) is 35.7 Å². The minimum absolute atomic E-state index is 0.147. The molecule has 3 nitrogen and oxygen atoms in total. The van der Waals surface area contributed by atoms with Gasteiger partial charge in [-0.2, -0.15) is 0 Å². The predicted molar refractivity (Wildman–Crippen MR) is 76.7 cm³/mol. The maximum atomic E-state index is 13.3. The average Bonchev–Trinajstić information content (AvgIpc) is 2.95. The molecular formula is C14H7ClFNO2S. The molecule has 1 aliphatic heterocycles. The molecule has 0 fully saturated rings. The number of carbonyl (C=O) groups excluding carboxylic acids is 2. The SMILES string of the molecule is O=C1Nc2ccc(F)cc2/C1=C\C(=O)c1sccc1Cl. The van der Waals surface area contributed by atoms with Crippen molar-refractivity contribution >= 4 is 45.9 Å². The predicted octanol–water partition coefficient (Wildman–Crippen LogP) is 3.76. The summed E-state index contributed by atoms with van der Waals surface area (Å²) in [6.45, 7) is 0. The number of amides is 1. The molecule has 1 amide bonds. The third kappa shape index (κ3) is 2.15. The molecule has 0 spiro atoms. The Balaban J connectivity index is 2.05. The van der Waals surface area contributed by atoms with Crippen molar-refractivity contribution in [3.63, 3.8) is 0 Å². The van der Waals surface area contributed by atoms with E-state index in [4.69, 9.17) is 11.6 Å². The summed E-state index contributed by atoms with van der Waals surface area (Å²) < 4.78 is 13.3. The molecular weight excluding hydrogens is 301 g/mol. The number of anilines is 1. The van der Waals surface area contributed by atoms with Gasteiger partial charge in [0.1, 0.15) is 5.82 Å². The fourth-order valence-corrected chi connectivity index (χ4v) is 3.03. The average molecular weight is 308 g/mol. The van der Waals surface area contributed by atoms with Crippen LogP contribution < -0.4 is 5.32 Å². The van der Waals surface area contributed by atoms with Crippen LogP contribution >= 0.6 is 22.9 Å². The summed E-state index contributed by atoms with van der Waals surface area (Å²) in [5, 5.41) is 4.62. The first-order valence-electron chi connectivity index (χ1n) is 5.66. The fourth-order valence-electron chi connectivity index (χ4n) is 1.97. The molecule has 1 aliphatic rings. The summed E-state index contributed by atoms with van der Waals surface area (Å²) in [6, 6.07) is 5.55. The Morgan fingerprint density at radius 3 is 2.85 bits per heavy atom. The molecule has 1 N–H and O–H groups in total.